The Balaban J connectivity index is 1.50. The van der Waals surface area contributed by atoms with Crippen molar-refractivity contribution >= 4 is 17.0 Å². The number of fused-ring (bicyclic) bond motifs is 6. The summed E-state index contributed by atoms with van der Waals surface area (Å²) >= 11 is 0. The number of nitrogens with one attached hydrogen (secondary N) is 1. The van der Waals surface area contributed by atoms with Crippen LogP contribution in [0.1, 0.15) is 35.9 Å². The van der Waals surface area contributed by atoms with E-state index < -0.39 is 0 Å². The molecule has 0 saturated heterocycles. The summed E-state index contributed by atoms with van der Waals surface area (Å²) in [6.45, 7) is 2.26. The summed E-state index contributed by atoms with van der Waals surface area (Å²) in [6.07, 6.45) is 6.80. The second-order valence-electron chi connectivity index (χ2n) is 8.29. The van der Waals surface area contributed by atoms with E-state index in [4.69, 9.17) is 0 Å². The van der Waals surface area contributed by atoms with Crippen molar-refractivity contribution in [1.29, 1.82) is 0 Å². The average molecular weight is 387 g/mol. The molecule has 29 heavy (non-hydrogen) atoms. The Morgan fingerprint density at radius 3 is 2.66 bits per heavy atom. The first-order chi connectivity index (χ1) is 14.0. The van der Waals surface area contributed by atoms with E-state index in [2.05, 4.69) is 23.1 Å². The van der Waals surface area contributed by atoms with Gasteiger partial charge in [0.15, 0.2) is 0 Å². The Kier molecular flexibility index (Phi) is 3.26. The number of hydrogen-bond donors (Lipinski definition) is 1. The third-order valence-electron chi connectivity index (χ3n) is 6.59. The molecule has 2 aliphatic carbocycles. The normalized spacial score (nSPS) is 20.2. The van der Waals surface area contributed by atoms with Crippen LogP contribution in [0.25, 0.3) is 22.7 Å². The largest absolute Gasteiger partial charge is 0.357 e. The molecule has 6 rings (SSSR count). The molecule has 2 heterocycles. The highest BCUT2D eigenvalue weighted by Gasteiger charge is 2.42. The summed E-state index contributed by atoms with van der Waals surface area (Å²) in [7, 11) is 0. The molecule has 3 nitrogen and oxygen atoms in total. The minimum atomic E-state index is -0.254. The number of halogens is 2. The molecule has 1 N–H and O–H groups in total. The summed E-state index contributed by atoms with van der Waals surface area (Å²) < 4.78 is 29.0. The Morgan fingerprint density at radius 1 is 1.03 bits per heavy atom. The van der Waals surface area contributed by atoms with Gasteiger partial charge in [0.1, 0.15) is 11.6 Å². The lowest BCUT2D eigenvalue weighted by molar-refractivity contribution is 0.489. The molecule has 5 heteroatoms. The number of allylic oxidation sites excluding steroid dienone is 1. The predicted molar refractivity (Wildman–Crippen MR) is 109 cm³/mol. The third-order valence-corrected chi connectivity index (χ3v) is 6.59. The fourth-order valence-corrected chi connectivity index (χ4v) is 5.10. The van der Waals surface area contributed by atoms with Crippen molar-refractivity contribution in [3.8, 4) is 5.69 Å². The van der Waals surface area contributed by atoms with Gasteiger partial charge in [0.2, 0.25) is 0 Å². The fraction of sp³-hybridized carbons (Fsp3) is 0.208. The van der Waals surface area contributed by atoms with Gasteiger partial charge in [-0.05, 0) is 85.9 Å². The van der Waals surface area contributed by atoms with Crippen molar-refractivity contribution in [2.45, 2.75) is 31.6 Å². The van der Waals surface area contributed by atoms with Gasteiger partial charge in [0.25, 0.3) is 0 Å². The van der Waals surface area contributed by atoms with Crippen LogP contribution in [0.2, 0.25) is 0 Å². The molecule has 2 aromatic carbocycles. The summed E-state index contributed by atoms with van der Waals surface area (Å²) in [5, 5.41) is 5.58. The van der Waals surface area contributed by atoms with Crippen LogP contribution >= 0.6 is 0 Å². The van der Waals surface area contributed by atoms with Crippen LogP contribution in [0.15, 0.2) is 54.2 Å². The van der Waals surface area contributed by atoms with Crippen LogP contribution in [0.5, 0.6) is 0 Å². The van der Waals surface area contributed by atoms with E-state index in [0.717, 1.165) is 41.5 Å². The zero-order chi connectivity index (χ0) is 19.8. The summed E-state index contributed by atoms with van der Waals surface area (Å²) in [5.74, 6) is -0.451. The number of benzene rings is 2. The lowest BCUT2D eigenvalue weighted by Gasteiger charge is -2.39. The number of rotatable bonds is 1. The van der Waals surface area contributed by atoms with E-state index in [-0.39, 0.29) is 17.0 Å². The fourth-order valence-electron chi connectivity index (χ4n) is 5.10. The standard InChI is InChI=1S/C24H19F2N3/c1-24-12-14-13-27-29(18-6-3-16(25)4-7-18)22(14)10-15(24)2-8-19-20-11-17(26)5-9-21(20)28-23(19)24/h3-7,9-11,13,28H,2,8,12H2,1H3. The molecule has 0 fully saturated rings. The van der Waals surface area contributed by atoms with Gasteiger partial charge in [-0.15, -0.1) is 0 Å². The van der Waals surface area contributed by atoms with Gasteiger partial charge in [-0.3, -0.25) is 0 Å². The molecule has 0 aliphatic heterocycles. The maximum atomic E-state index is 13.8. The zero-order valence-electron chi connectivity index (χ0n) is 16.0. The molecule has 4 aromatic rings. The molecule has 0 spiro atoms. The molecular formula is C24H19F2N3. The van der Waals surface area contributed by atoms with Gasteiger partial charge in [-0.2, -0.15) is 5.10 Å². The summed E-state index contributed by atoms with van der Waals surface area (Å²) in [5.41, 5.74) is 7.69. The van der Waals surface area contributed by atoms with Gasteiger partial charge in [-0.25, -0.2) is 13.5 Å². The number of aryl methyl sites for hydroxylation is 1. The summed E-state index contributed by atoms with van der Waals surface area (Å²) in [4.78, 5) is 3.58. The Labute approximate surface area is 166 Å². The van der Waals surface area contributed by atoms with Gasteiger partial charge in [-0.1, -0.05) is 5.57 Å². The zero-order valence-corrected chi connectivity index (χ0v) is 16.0. The van der Waals surface area contributed by atoms with Crippen molar-refractivity contribution in [3.63, 3.8) is 0 Å². The second-order valence-corrected chi connectivity index (χ2v) is 8.29. The van der Waals surface area contributed by atoms with Crippen LogP contribution in [0.3, 0.4) is 0 Å². The highest BCUT2D eigenvalue weighted by atomic mass is 19.1. The second kappa shape index (κ2) is 5.66. The van der Waals surface area contributed by atoms with E-state index in [1.807, 2.05) is 16.9 Å². The van der Waals surface area contributed by atoms with Gasteiger partial charge in [0, 0.05) is 22.0 Å². The quantitative estimate of drug-likeness (QED) is 0.461. The molecule has 0 bridgehead atoms. The molecule has 2 aromatic heterocycles. The maximum Gasteiger partial charge on any atom is 0.123 e. The van der Waals surface area contributed by atoms with Gasteiger partial charge < -0.3 is 4.98 Å². The highest BCUT2D eigenvalue weighted by molar-refractivity contribution is 5.86. The monoisotopic (exact) mass is 387 g/mol. The SMILES string of the molecule is CC12Cc3cnn(-c4ccc(F)cc4)c3C=C1CCc1c2[nH]c2ccc(F)cc12. The first kappa shape index (κ1) is 16.7. The van der Waals surface area contributed by atoms with Crippen LogP contribution in [-0.2, 0) is 18.3 Å². The van der Waals surface area contributed by atoms with Gasteiger partial charge >= 0.3 is 0 Å². The Bertz CT molecular complexity index is 1310. The maximum absolute atomic E-state index is 13.8. The first-order valence-electron chi connectivity index (χ1n) is 9.87. The van der Waals surface area contributed by atoms with E-state index in [1.54, 1.807) is 18.2 Å². The minimum Gasteiger partial charge on any atom is -0.357 e. The lowest BCUT2D eigenvalue weighted by atomic mass is 9.65. The molecule has 144 valence electrons. The smallest absolute Gasteiger partial charge is 0.123 e. The van der Waals surface area contributed by atoms with Crippen molar-refractivity contribution in [3.05, 3.63) is 88.4 Å². The van der Waals surface area contributed by atoms with Gasteiger partial charge in [0.05, 0.1) is 17.6 Å². The third kappa shape index (κ3) is 2.30. The molecule has 0 amide bonds. The first-order valence-corrected chi connectivity index (χ1v) is 9.87. The van der Waals surface area contributed by atoms with Crippen molar-refractivity contribution in [2.75, 3.05) is 0 Å². The van der Waals surface area contributed by atoms with E-state index >= 15 is 0 Å². The Hall–Kier alpha value is -3.21. The Morgan fingerprint density at radius 2 is 1.83 bits per heavy atom. The molecule has 2 aliphatic rings. The molecule has 0 saturated carbocycles. The summed E-state index contributed by atoms with van der Waals surface area (Å²) in [6, 6.07) is 11.4. The van der Waals surface area contributed by atoms with Crippen LogP contribution in [0.4, 0.5) is 8.78 Å². The van der Waals surface area contributed by atoms with Crippen LogP contribution in [0, 0.1) is 11.6 Å². The van der Waals surface area contributed by atoms with Crippen molar-refractivity contribution < 1.29 is 8.78 Å². The van der Waals surface area contributed by atoms with E-state index in [1.165, 1.54) is 40.6 Å². The number of nitrogens with zero attached hydrogens (tertiary/aromatic N) is 2. The topological polar surface area (TPSA) is 33.6 Å². The predicted octanol–water partition coefficient (Wildman–Crippen LogP) is 5.48. The van der Waals surface area contributed by atoms with E-state index in [9.17, 15) is 8.78 Å². The molecule has 1 atom stereocenters. The number of aromatic nitrogens is 3. The van der Waals surface area contributed by atoms with Crippen LogP contribution in [-0.4, -0.2) is 14.8 Å². The molecule has 1 unspecified atom stereocenters. The highest BCUT2D eigenvalue weighted by Crippen LogP contribution is 2.49. The van der Waals surface area contributed by atoms with Crippen LogP contribution < -0.4 is 0 Å². The molecule has 0 radical (unpaired) electrons. The number of aromatic amines is 1. The molecular weight excluding hydrogens is 368 g/mol. The number of H-pyrrole nitrogens is 1. The minimum absolute atomic E-state index is 0.160. The van der Waals surface area contributed by atoms with Crippen molar-refractivity contribution in [2.24, 2.45) is 0 Å². The van der Waals surface area contributed by atoms with E-state index in [0.29, 0.717) is 0 Å². The lowest BCUT2D eigenvalue weighted by Crippen LogP contribution is -2.35. The average Bonchev–Trinajstić information content (AvgIpc) is 3.28. The number of hydrogen-bond acceptors (Lipinski definition) is 1. The van der Waals surface area contributed by atoms with Crippen molar-refractivity contribution in [1.82, 2.24) is 14.8 Å².